The van der Waals surface area contributed by atoms with E-state index < -0.39 is 0 Å². The molecule has 1 N–H and O–H groups in total. The van der Waals surface area contributed by atoms with Crippen molar-refractivity contribution in [3.8, 4) is 11.8 Å². The van der Waals surface area contributed by atoms with Crippen molar-refractivity contribution in [1.29, 1.82) is 0 Å². The molecule has 0 aliphatic rings. The zero-order valence-electron chi connectivity index (χ0n) is 9.47. The van der Waals surface area contributed by atoms with Crippen molar-refractivity contribution >= 4 is 17.8 Å². The molecule has 88 valence electrons. The Morgan fingerprint density at radius 2 is 1.56 bits per heavy atom. The Hall–Kier alpha value is -2.24. The van der Waals surface area contributed by atoms with Crippen LogP contribution in [0.15, 0.2) is 53.7 Å². The van der Waals surface area contributed by atoms with Crippen LogP contribution in [0.1, 0.15) is 16.7 Å². The Balaban J connectivity index is 2.39. The Bertz CT molecular complexity index is 638. The SMILES string of the molecule is O/N=C/c1ccccc1C#Cc1ccccc1Cl. The van der Waals surface area contributed by atoms with E-state index in [4.69, 9.17) is 16.8 Å². The van der Waals surface area contributed by atoms with Crippen LogP contribution in [0.25, 0.3) is 0 Å². The van der Waals surface area contributed by atoms with Crippen molar-refractivity contribution in [1.82, 2.24) is 0 Å². The lowest BCUT2D eigenvalue weighted by molar-refractivity contribution is 0.322. The third kappa shape index (κ3) is 2.91. The quantitative estimate of drug-likeness (QED) is 0.359. The van der Waals surface area contributed by atoms with Crippen molar-refractivity contribution in [2.24, 2.45) is 5.16 Å². The minimum atomic E-state index is 0.623. The smallest absolute Gasteiger partial charge is 0.0746 e. The molecule has 0 saturated heterocycles. The van der Waals surface area contributed by atoms with Crippen LogP contribution in [-0.2, 0) is 0 Å². The summed E-state index contributed by atoms with van der Waals surface area (Å²) < 4.78 is 0. The van der Waals surface area contributed by atoms with E-state index >= 15 is 0 Å². The van der Waals surface area contributed by atoms with E-state index in [-0.39, 0.29) is 0 Å². The van der Waals surface area contributed by atoms with E-state index in [1.54, 1.807) is 6.07 Å². The predicted molar refractivity (Wildman–Crippen MR) is 73.3 cm³/mol. The highest BCUT2D eigenvalue weighted by Crippen LogP contribution is 2.13. The Morgan fingerprint density at radius 3 is 2.28 bits per heavy atom. The van der Waals surface area contributed by atoms with E-state index in [1.807, 2.05) is 42.5 Å². The molecular weight excluding hydrogens is 246 g/mol. The molecule has 0 aromatic heterocycles. The van der Waals surface area contributed by atoms with Crippen LogP contribution in [-0.4, -0.2) is 11.4 Å². The van der Waals surface area contributed by atoms with Crippen molar-refractivity contribution in [2.75, 3.05) is 0 Å². The van der Waals surface area contributed by atoms with Gasteiger partial charge in [0.25, 0.3) is 0 Å². The van der Waals surface area contributed by atoms with Gasteiger partial charge < -0.3 is 5.21 Å². The van der Waals surface area contributed by atoms with Gasteiger partial charge in [0.1, 0.15) is 0 Å². The molecule has 0 amide bonds. The average Bonchev–Trinajstić information content (AvgIpc) is 2.40. The van der Waals surface area contributed by atoms with Crippen LogP contribution in [0.5, 0.6) is 0 Å². The molecule has 2 nitrogen and oxygen atoms in total. The van der Waals surface area contributed by atoms with Gasteiger partial charge in [0.05, 0.1) is 11.2 Å². The second-order valence-electron chi connectivity index (χ2n) is 3.56. The lowest BCUT2D eigenvalue weighted by atomic mass is 10.1. The Labute approximate surface area is 111 Å². The number of hydrogen-bond acceptors (Lipinski definition) is 2. The van der Waals surface area contributed by atoms with Crippen molar-refractivity contribution in [3.05, 3.63) is 70.2 Å². The Morgan fingerprint density at radius 1 is 0.944 bits per heavy atom. The van der Waals surface area contributed by atoms with E-state index in [9.17, 15) is 0 Å². The summed E-state index contributed by atoms with van der Waals surface area (Å²) in [5, 5.41) is 12.2. The van der Waals surface area contributed by atoms with Crippen LogP contribution in [0, 0.1) is 11.8 Å². The zero-order valence-corrected chi connectivity index (χ0v) is 10.2. The van der Waals surface area contributed by atoms with Crippen LogP contribution in [0.4, 0.5) is 0 Å². The van der Waals surface area contributed by atoms with Gasteiger partial charge in [-0.2, -0.15) is 0 Å². The van der Waals surface area contributed by atoms with Crippen LogP contribution in [0.2, 0.25) is 5.02 Å². The monoisotopic (exact) mass is 255 g/mol. The highest BCUT2D eigenvalue weighted by Gasteiger charge is 1.96. The maximum absolute atomic E-state index is 8.57. The second-order valence-corrected chi connectivity index (χ2v) is 3.97. The maximum Gasteiger partial charge on any atom is 0.0746 e. The summed E-state index contributed by atoms with van der Waals surface area (Å²) in [6.45, 7) is 0. The fourth-order valence-corrected chi connectivity index (χ4v) is 1.67. The number of nitrogens with zero attached hydrogens (tertiary/aromatic N) is 1. The fraction of sp³-hybridized carbons (Fsp3) is 0. The summed E-state index contributed by atoms with van der Waals surface area (Å²) in [5.74, 6) is 6.02. The maximum atomic E-state index is 8.57. The fourth-order valence-electron chi connectivity index (χ4n) is 1.48. The van der Waals surface area contributed by atoms with Gasteiger partial charge >= 0.3 is 0 Å². The third-order valence-electron chi connectivity index (χ3n) is 2.36. The van der Waals surface area contributed by atoms with Gasteiger partial charge in [0.15, 0.2) is 0 Å². The number of rotatable bonds is 1. The van der Waals surface area contributed by atoms with Gasteiger partial charge in [-0.15, -0.1) is 0 Å². The molecule has 0 saturated carbocycles. The van der Waals surface area contributed by atoms with Crippen molar-refractivity contribution in [2.45, 2.75) is 0 Å². The molecule has 0 aliphatic carbocycles. The largest absolute Gasteiger partial charge is 0.411 e. The summed E-state index contributed by atoms with van der Waals surface area (Å²) in [7, 11) is 0. The number of hydrogen-bond donors (Lipinski definition) is 1. The summed E-state index contributed by atoms with van der Waals surface area (Å²) in [6.07, 6.45) is 1.36. The lowest BCUT2D eigenvalue weighted by Crippen LogP contribution is -1.87. The van der Waals surface area contributed by atoms with Gasteiger partial charge in [-0.1, -0.05) is 58.9 Å². The lowest BCUT2D eigenvalue weighted by Gasteiger charge is -1.96. The highest BCUT2D eigenvalue weighted by molar-refractivity contribution is 6.31. The minimum absolute atomic E-state index is 0.623. The summed E-state index contributed by atoms with van der Waals surface area (Å²) >= 11 is 6.02. The molecular formula is C15H10ClNO. The van der Waals surface area contributed by atoms with Crippen molar-refractivity contribution < 1.29 is 5.21 Å². The molecule has 2 aromatic carbocycles. The number of oxime groups is 1. The molecule has 0 heterocycles. The second kappa shape index (κ2) is 5.90. The number of benzene rings is 2. The predicted octanol–water partition coefficient (Wildman–Crippen LogP) is 3.55. The van der Waals surface area contributed by atoms with E-state index in [1.165, 1.54) is 6.21 Å². The molecule has 0 aliphatic heterocycles. The molecule has 2 aromatic rings. The molecule has 0 fully saturated rings. The summed E-state index contributed by atoms with van der Waals surface area (Å²) in [5.41, 5.74) is 2.32. The Kier molecular flexibility index (Phi) is 4.01. The molecule has 2 rings (SSSR count). The standard InChI is InChI=1S/C15H10ClNO/c16-15-8-4-3-6-13(15)10-9-12-5-1-2-7-14(12)11-17-18/h1-8,11,18H/b17-11+. The normalized spacial score (nSPS) is 10.1. The first-order valence-corrected chi connectivity index (χ1v) is 5.72. The average molecular weight is 256 g/mol. The van der Waals surface area contributed by atoms with Crippen LogP contribution >= 0.6 is 11.6 Å². The first-order chi connectivity index (χ1) is 8.81. The van der Waals surface area contributed by atoms with Gasteiger partial charge in [-0.05, 0) is 18.2 Å². The highest BCUT2D eigenvalue weighted by atomic mass is 35.5. The van der Waals surface area contributed by atoms with E-state index in [0.29, 0.717) is 5.02 Å². The van der Waals surface area contributed by atoms with Crippen LogP contribution < -0.4 is 0 Å². The summed E-state index contributed by atoms with van der Waals surface area (Å²) in [4.78, 5) is 0. The first-order valence-electron chi connectivity index (χ1n) is 5.34. The molecule has 0 bridgehead atoms. The van der Waals surface area contributed by atoms with E-state index in [2.05, 4.69) is 17.0 Å². The molecule has 0 radical (unpaired) electrons. The molecule has 18 heavy (non-hydrogen) atoms. The van der Waals surface area contributed by atoms with Gasteiger partial charge in [-0.3, -0.25) is 0 Å². The molecule has 0 unspecified atom stereocenters. The summed E-state index contributed by atoms with van der Waals surface area (Å²) in [6, 6.07) is 14.8. The van der Waals surface area contributed by atoms with Gasteiger partial charge in [-0.25, -0.2) is 0 Å². The van der Waals surface area contributed by atoms with Gasteiger partial charge in [0, 0.05) is 16.7 Å². The van der Waals surface area contributed by atoms with Crippen molar-refractivity contribution in [3.63, 3.8) is 0 Å². The molecule has 3 heteroatoms. The molecule has 0 spiro atoms. The minimum Gasteiger partial charge on any atom is -0.411 e. The van der Waals surface area contributed by atoms with Crippen LogP contribution in [0.3, 0.4) is 0 Å². The molecule has 0 atom stereocenters. The first kappa shape index (κ1) is 12.2. The number of halogens is 1. The zero-order chi connectivity index (χ0) is 12.8. The third-order valence-corrected chi connectivity index (χ3v) is 2.69. The van der Waals surface area contributed by atoms with E-state index in [0.717, 1.165) is 16.7 Å². The topological polar surface area (TPSA) is 32.6 Å². The van der Waals surface area contributed by atoms with Gasteiger partial charge in [0.2, 0.25) is 0 Å².